The third kappa shape index (κ3) is 5.84. The number of carbonyl (C=O) groups excluding carboxylic acids is 1. The van der Waals surface area contributed by atoms with E-state index in [2.05, 4.69) is 0 Å². The number of aliphatic carboxylic acids is 1. The minimum atomic E-state index is -4.36. The number of carbonyl (C=O) groups is 2. The molecule has 0 aliphatic heterocycles. The molecule has 0 unspecified atom stereocenters. The largest absolute Gasteiger partial charge is 0.480 e. The quantitative estimate of drug-likeness (QED) is 0.371. The van der Waals surface area contributed by atoms with E-state index in [0.717, 1.165) is 0 Å². The third-order valence-corrected chi connectivity index (χ3v) is 1.59. The van der Waals surface area contributed by atoms with Gasteiger partial charge in [-0.15, -0.1) is 0 Å². The maximum atomic E-state index is 10.3. The van der Waals surface area contributed by atoms with Gasteiger partial charge in [0.1, 0.15) is 12.8 Å². The van der Waals surface area contributed by atoms with Crippen LogP contribution in [-0.4, -0.2) is 45.0 Å². The molecule has 7 nitrogen and oxygen atoms in total. The zero-order valence-electron chi connectivity index (χ0n) is 5.95. The van der Waals surface area contributed by atoms with E-state index in [0.29, 0.717) is 4.90 Å². The Morgan fingerprint density at radius 1 is 1.50 bits per heavy atom. The summed E-state index contributed by atoms with van der Waals surface area (Å²) >= 11 is 0. The molecule has 0 rings (SSSR count). The molecule has 0 saturated carbocycles. The molecule has 0 aromatic rings. The number of hydrogen-bond donors (Lipinski definition) is 3. The van der Waals surface area contributed by atoms with Crippen molar-refractivity contribution in [2.24, 2.45) is 0 Å². The average molecular weight is 197 g/mol. The predicted octanol–water partition coefficient (Wildman–Crippen LogP) is -1.34. The van der Waals surface area contributed by atoms with Crippen molar-refractivity contribution in [2.45, 2.75) is 0 Å². The Hall–Kier alpha value is -0.910. The minimum Gasteiger partial charge on any atom is -0.480 e. The lowest BCUT2D eigenvalue weighted by Gasteiger charge is -2.14. The number of hydrogen-bond acceptors (Lipinski definition) is 3. The van der Waals surface area contributed by atoms with Crippen molar-refractivity contribution >= 4 is 20.0 Å². The standard InChI is InChI=1S/C4H8NO6P/c6-2-5(1-4(7)8)3-12(9,10)11/h2H,1,3H2,(H,7,8)(H2,9,10,11). The number of nitrogens with zero attached hydrogens (tertiary/aromatic N) is 1. The van der Waals surface area contributed by atoms with Crippen LogP contribution in [0.15, 0.2) is 0 Å². The topological polar surface area (TPSA) is 115 Å². The SMILES string of the molecule is O=CN(CC(=O)O)CP(=O)(O)O. The Kier molecular flexibility index (Phi) is 3.88. The second-order valence-corrected chi connectivity index (χ2v) is 3.66. The summed E-state index contributed by atoms with van der Waals surface area (Å²) in [5, 5.41) is 8.16. The maximum absolute atomic E-state index is 10.3. The van der Waals surface area contributed by atoms with E-state index in [1.807, 2.05) is 0 Å². The molecular weight excluding hydrogens is 189 g/mol. The van der Waals surface area contributed by atoms with Crippen molar-refractivity contribution < 1.29 is 29.0 Å². The van der Waals surface area contributed by atoms with Gasteiger partial charge in [0.25, 0.3) is 0 Å². The van der Waals surface area contributed by atoms with Crippen molar-refractivity contribution in [1.29, 1.82) is 0 Å². The van der Waals surface area contributed by atoms with Gasteiger partial charge < -0.3 is 19.8 Å². The van der Waals surface area contributed by atoms with Crippen LogP contribution in [0.4, 0.5) is 0 Å². The van der Waals surface area contributed by atoms with Gasteiger partial charge in [0.05, 0.1) is 0 Å². The van der Waals surface area contributed by atoms with E-state index in [-0.39, 0.29) is 6.41 Å². The molecule has 70 valence electrons. The average Bonchev–Trinajstić information content (AvgIpc) is 1.82. The molecule has 3 N–H and O–H groups in total. The summed E-state index contributed by atoms with van der Waals surface area (Å²) in [6.45, 7) is -0.714. The van der Waals surface area contributed by atoms with Gasteiger partial charge in [-0.2, -0.15) is 0 Å². The van der Waals surface area contributed by atoms with Gasteiger partial charge in [-0.1, -0.05) is 0 Å². The normalized spacial score (nSPS) is 10.8. The molecule has 1 amide bonds. The number of amides is 1. The molecular formula is C4H8NO6P. The van der Waals surface area contributed by atoms with Crippen molar-refractivity contribution in [2.75, 3.05) is 12.8 Å². The van der Waals surface area contributed by atoms with Crippen LogP contribution in [0.1, 0.15) is 0 Å². The van der Waals surface area contributed by atoms with E-state index in [4.69, 9.17) is 14.9 Å². The first-order valence-corrected chi connectivity index (χ1v) is 4.60. The van der Waals surface area contributed by atoms with Crippen LogP contribution in [0.25, 0.3) is 0 Å². The summed E-state index contributed by atoms with van der Waals surface area (Å²) < 4.78 is 10.3. The van der Waals surface area contributed by atoms with Crippen molar-refractivity contribution in [3.63, 3.8) is 0 Å². The van der Waals surface area contributed by atoms with Gasteiger partial charge in [0.15, 0.2) is 0 Å². The van der Waals surface area contributed by atoms with Gasteiger partial charge in [-0.05, 0) is 0 Å². The van der Waals surface area contributed by atoms with Crippen LogP contribution in [0.3, 0.4) is 0 Å². The Balaban J connectivity index is 4.10. The van der Waals surface area contributed by atoms with Crippen LogP contribution in [0.2, 0.25) is 0 Å². The first-order chi connectivity index (χ1) is 5.35. The minimum absolute atomic E-state index is 0.0766. The van der Waals surface area contributed by atoms with E-state index >= 15 is 0 Å². The van der Waals surface area contributed by atoms with Gasteiger partial charge in [0, 0.05) is 0 Å². The first-order valence-electron chi connectivity index (χ1n) is 2.81. The molecule has 0 aliphatic carbocycles. The number of carboxylic acids is 1. The highest BCUT2D eigenvalue weighted by atomic mass is 31.2. The zero-order valence-corrected chi connectivity index (χ0v) is 6.85. The summed E-state index contributed by atoms with van der Waals surface area (Å²) in [6.07, 6.45) is -0.796. The first kappa shape index (κ1) is 11.1. The van der Waals surface area contributed by atoms with E-state index < -0.39 is 26.4 Å². The molecule has 0 aliphatic rings. The van der Waals surface area contributed by atoms with Crippen LogP contribution < -0.4 is 0 Å². The van der Waals surface area contributed by atoms with Gasteiger partial charge in [-0.3, -0.25) is 14.2 Å². The Labute approximate surface area is 67.8 Å². The second kappa shape index (κ2) is 4.20. The molecule has 0 heterocycles. The van der Waals surface area contributed by atoms with E-state index in [9.17, 15) is 14.2 Å². The monoisotopic (exact) mass is 197 g/mol. The Morgan fingerprint density at radius 2 is 2.00 bits per heavy atom. The lowest BCUT2D eigenvalue weighted by molar-refractivity contribution is -0.140. The fraction of sp³-hybridized carbons (Fsp3) is 0.500. The van der Waals surface area contributed by atoms with Crippen LogP contribution >= 0.6 is 7.60 Å². The predicted molar refractivity (Wildman–Crippen MR) is 37.3 cm³/mol. The molecule has 0 bridgehead atoms. The Bertz CT molecular complexity index is 222. The van der Waals surface area contributed by atoms with E-state index in [1.165, 1.54) is 0 Å². The highest BCUT2D eigenvalue weighted by molar-refractivity contribution is 7.51. The van der Waals surface area contributed by atoms with Crippen molar-refractivity contribution in [1.82, 2.24) is 4.90 Å². The number of carboxylic acid groups (broad SMARTS) is 1. The van der Waals surface area contributed by atoms with Gasteiger partial charge in [-0.25, -0.2) is 0 Å². The molecule has 0 atom stereocenters. The van der Waals surface area contributed by atoms with Gasteiger partial charge >= 0.3 is 13.6 Å². The summed E-state index contributed by atoms with van der Waals surface area (Å²) in [6, 6.07) is 0. The maximum Gasteiger partial charge on any atom is 0.344 e. The van der Waals surface area contributed by atoms with Crippen LogP contribution in [-0.2, 0) is 14.2 Å². The van der Waals surface area contributed by atoms with Crippen LogP contribution in [0.5, 0.6) is 0 Å². The third-order valence-electron chi connectivity index (χ3n) is 0.853. The van der Waals surface area contributed by atoms with Crippen molar-refractivity contribution in [3.8, 4) is 0 Å². The molecule has 8 heteroatoms. The molecule has 0 spiro atoms. The molecule has 12 heavy (non-hydrogen) atoms. The molecule has 0 saturated heterocycles. The Morgan fingerprint density at radius 3 is 2.25 bits per heavy atom. The summed E-state index contributed by atoms with van der Waals surface area (Å²) in [5.74, 6) is -1.32. The smallest absolute Gasteiger partial charge is 0.344 e. The second-order valence-electron chi connectivity index (χ2n) is 2.05. The lowest BCUT2D eigenvalue weighted by atomic mass is 10.6. The summed E-state index contributed by atoms with van der Waals surface area (Å²) in [5.41, 5.74) is 0. The lowest BCUT2D eigenvalue weighted by Crippen LogP contribution is -2.29. The summed E-state index contributed by atoms with van der Waals surface area (Å²) in [7, 11) is -4.36. The zero-order chi connectivity index (χ0) is 9.78. The van der Waals surface area contributed by atoms with Crippen LogP contribution in [0, 0.1) is 0 Å². The van der Waals surface area contributed by atoms with Gasteiger partial charge in [0.2, 0.25) is 6.41 Å². The number of rotatable bonds is 5. The fourth-order valence-corrected chi connectivity index (χ4v) is 1.17. The highest BCUT2D eigenvalue weighted by Crippen LogP contribution is 2.34. The fourth-order valence-electron chi connectivity index (χ4n) is 0.531. The highest BCUT2D eigenvalue weighted by Gasteiger charge is 2.19. The molecule has 0 aromatic heterocycles. The molecule has 0 aromatic carbocycles. The summed E-state index contributed by atoms with van der Waals surface area (Å²) in [4.78, 5) is 37.2. The van der Waals surface area contributed by atoms with E-state index in [1.54, 1.807) is 0 Å². The van der Waals surface area contributed by atoms with Crippen molar-refractivity contribution in [3.05, 3.63) is 0 Å². The molecule has 0 radical (unpaired) electrons. The molecule has 0 fully saturated rings.